The lowest BCUT2D eigenvalue weighted by Crippen LogP contribution is -2.55. The number of carboxylic acid groups (broad SMARTS) is 1. The van der Waals surface area contributed by atoms with E-state index in [0.717, 1.165) is 70.6 Å². The smallest absolute Gasteiger partial charge is 0.306 e. The Labute approximate surface area is 337 Å². The highest BCUT2D eigenvalue weighted by molar-refractivity contribution is 5.70. The quantitative estimate of drug-likeness (QED) is 0.0265. The third kappa shape index (κ3) is 36.7. The van der Waals surface area contributed by atoms with Crippen molar-refractivity contribution in [2.75, 3.05) is 41.0 Å². The molecule has 0 rings (SSSR count). The van der Waals surface area contributed by atoms with Crippen molar-refractivity contribution >= 4 is 17.9 Å². The van der Waals surface area contributed by atoms with Crippen LogP contribution in [-0.2, 0) is 28.6 Å². The summed E-state index contributed by atoms with van der Waals surface area (Å²) in [5.41, 5.74) is 0. The number of carbonyl (C=O) groups excluding carboxylic acids is 3. The molecule has 0 aliphatic heterocycles. The molecular weight excluding hydrogens is 691 g/mol. The van der Waals surface area contributed by atoms with E-state index in [4.69, 9.17) is 14.2 Å². The van der Waals surface area contributed by atoms with Crippen molar-refractivity contribution in [1.29, 1.82) is 0 Å². The zero-order chi connectivity index (χ0) is 40.7. The van der Waals surface area contributed by atoms with Crippen molar-refractivity contribution in [3.63, 3.8) is 0 Å². The fourth-order valence-corrected chi connectivity index (χ4v) is 6.30. The summed E-state index contributed by atoms with van der Waals surface area (Å²) in [4.78, 5) is 36.7. The van der Waals surface area contributed by atoms with Gasteiger partial charge in [0.15, 0.2) is 6.10 Å². The second-order valence-electron chi connectivity index (χ2n) is 15.9. The third-order valence-corrected chi connectivity index (χ3v) is 9.73. The number of likely N-dealkylation sites (N-methyl/N-ethyl adjacent to an activating group) is 1. The van der Waals surface area contributed by atoms with Gasteiger partial charge >= 0.3 is 11.9 Å². The van der Waals surface area contributed by atoms with Crippen LogP contribution in [0, 0.1) is 0 Å². The minimum absolute atomic E-state index is 0.0398. The summed E-state index contributed by atoms with van der Waals surface area (Å²) >= 11 is 0. The average Bonchev–Trinajstić information content (AvgIpc) is 3.14. The predicted octanol–water partition coefficient (Wildman–Crippen LogP) is 10.7. The van der Waals surface area contributed by atoms with Crippen LogP contribution >= 0.6 is 0 Å². The molecule has 2 unspecified atom stereocenters. The Bertz CT molecular complexity index is 1040. The number of unbranched alkanes of at least 4 members (excludes halogenated alkanes) is 17. The van der Waals surface area contributed by atoms with Gasteiger partial charge in [0.05, 0.1) is 40.3 Å². The molecular formula is C47H83NO7. The average molecular weight is 774 g/mol. The molecule has 0 bridgehead atoms. The molecule has 2 atom stereocenters. The standard InChI is InChI=1S/C47H83NO7/c1-6-8-10-12-14-16-17-18-19-20-21-22-23-24-25-26-27-28-30-31-33-35-37-45(49)54-42-43(41-53-40-39-44(47(51)52)48(3,4)5)55-46(50)38-36-34-32-29-15-13-11-9-7-2/h8,10,14,16,18-19,21-22,43-44H,6-7,9,11-13,15,17,20,23-42H2,1-5H3/b10-8+,16-14+,19-18+,22-21+. The molecule has 8 heteroatoms. The van der Waals surface area contributed by atoms with Crippen LogP contribution < -0.4 is 5.11 Å². The number of carbonyl (C=O) groups is 3. The summed E-state index contributed by atoms with van der Waals surface area (Å²) < 4.78 is 17.1. The summed E-state index contributed by atoms with van der Waals surface area (Å²) in [7, 11) is 5.40. The molecule has 8 nitrogen and oxygen atoms in total. The van der Waals surface area contributed by atoms with Crippen LogP contribution in [0.15, 0.2) is 48.6 Å². The third-order valence-electron chi connectivity index (χ3n) is 9.73. The first-order valence-corrected chi connectivity index (χ1v) is 22.2. The van der Waals surface area contributed by atoms with Crippen LogP contribution in [0.5, 0.6) is 0 Å². The number of ether oxygens (including phenoxy) is 3. The topological polar surface area (TPSA) is 102 Å². The van der Waals surface area contributed by atoms with E-state index < -0.39 is 18.1 Å². The van der Waals surface area contributed by atoms with Crippen molar-refractivity contribution in [2.45, 2.75) is 193 Å². The summed E-state index contributed by atoms with van der Waals surface area (Å²) in [6.45, 7) is 4.52. The first-order valence-electron chi connectivity index (χ1n) is 22.2. The van der Waals surface area contributed by atoms with E-state index in [1.54, 1.807) is 21.1 Å². The zero-order valence-corrected chi connectivity index (χ0v) is 36.1. The van der Waals surface area contributed by atoms with Crippen LogP contribution in [0.25, 0.3) is 0 Å². The van der Waals surface area contributed by atoms with Crippen LogP contribution in [0.2, 0.25) is 0 Å². The molecule has 0 spiro atoms. The van der Waals surface area contributed by atoms with Gasteiger partial charge in [-0.3, -0.25) is 9.59 Å². The second-order valence-corrected chi connectivity index (χ2v) is 15.9. The molecule has 0 amide bonds. The van der Waals surface area contributed by atoms with Crippen molar-refractivity contribution < 1.29 is 38.2 Å². The molecule has 0 N–H and O–H groups in total. The fourth-order valence-electron chi connectivity index (χ4n) is 6.30. The van der Waals surface area contributed by atoms with Gasteiger partial charge in [0.2, 0.25) is 0 Å². The largest absolute Gasteiger partial charge is 0.544 e. The van der Waals surface area contributed by atoms with Crippen molar-refractivity contribution in [3.05, 3.63) is 48.6 Å². The van der Waals surface area contributed by atoms with Gasteiger partial charge in [-0.05, 0) is 51.4 Å². The Hall–Kier alpha value is -2.71. The number of nitrogens with zero attached hydrogens (tertiary/aromatic N) is 1. The summed E-state index contributed by atoms with van der Waals surface area (Å²) in [5.74, 6) is -1.74. The predicted molar refractivity (Wildman–Crippen MR) is 226 cm³/mol. The van der Waals surface area contributed by atoms with E-state index >= 15 is 0 Å². The molecule has 318 valence electrons. The first-order chi connectivity index (χ1) is 26.6. The van der Waals surface area contributed by atoms with Crippen molar-refractivity contribution in [3.8, 4) is 0 Å². The van der Waals surface area contributed by atoms with Crippen molar-refractivity contribution in [1.82, 2.24) is 0 Å². The molecule has 0 saturated carbocycles. The number of hydrogen-bond donors (Lipinski definition) is 0. The number of aliphatic carboxylic acids is 1. The number of carboxylic acids is 1. The monoisotopic (exact) mass is 774 g/mol. The highest BCUT2D eigenvalue weighted by atomic mass is 16.6. The van der Waals surface area contributed by atoms with Crippen LogP contribution in [-0.4, -0.2) is 75.5 Å². The van der Waals surface area contributed by atoms with Gasteiger partial charge in [-0.1, -0.05) is 159 Å². The molecule has 0 aromatic carbocycles. The van der Waals surface area contributed by atoms with Gasteiger partial charge in [-0.25, -0.2) is 0 Å². The first kappa shape index (κ1) is 52.3. The Kier molecular flexibility index (Phi) is 36.3. The molecule has 0 heterocycles. The van der Waals surface area contributed by atoms with E-state index in [2.05, 4.69) is 62.5 Å². The van der Waals surface area contributed by atoms with Gasteiger partial charge in [0.25, 0.3) is 0 Å². The molecule has 0 aliphatic rings. The normalized spacial score (nSPS) is 13.4. The Morgan fingerprint density at radius 2 is 1.02 bits per heavy atom. The van der Waals surface area contributed by atoms with Gasteiger partial charge < -0.3 is 28.6 Å². The second kappa shape index (κ2) is 38.2. The summed E-state index contributed by atoms with van der Waals surface area (Å²) in [6.07, 6.45) is 44.3. The highest BCUT2D eigenvalue weighted by Gasteiger charge is 2.25. The maximum absolute atomic E-state index is 12.6. The van der Waals surface area contributed by atoms with E-state index in [1.807, 2.05) is 0 Å². The Balaban J connectivity index is 4.21. The highest BCUT2D eigenvalue weighted by Crippen LogP contribution is 2.14. The lowest BCUT2D eigenvalue weighted by Gasteiger charge is -2.34. The SMILES string of the molecule is CC/C=C/C/C=C/C/C=C/C/C=C/CCCCCCCCCCCC(=O)OCC(COCCC(C(=O)[O-])[N+](C)(C)C)OC(=O)CCCCCCCCCCC. The van der Waals surface area contributed by atoms with Gasteiger partial charge in [0.1, 0.15) is 12.6 Å². The lowest BCUT2D eigenvalue weighted by atomic mass is 10.1. The summed E-state index contributed by atoms with van der Waals surface area (Å²) in [5, 5.41) is 11.6. The minimum Gasteiger partial charge on any atom is -0.544 e. The molecule has 0 saturated heterocycles. The van der Waals surface area contributed by atoms with Gasteiger partial charge in [0, 0.05) is 19.3 Å². The lowest BCUT2D eigenvalue weighted by molar-refractivity contribution is -0.889. The van der Waals surface area contributed by atoms with Gasteiger partial charge in [-0.2, -0.15) is 0 Å². The Morgan fingerprint density at radius 1 is 0.564 bits per heavy atom. The zero-order valence-electron chi connectivity index (χ0n) is 36.1. The molecule has 0 fully saturated rings. The van der Waals surface area contributed by atoms with Crippen molar-refractivity contribution in [2.24, 2.45) is 0 Å². The number of quaternary nitrogens is 1. The molecule has 55 heavy (non-hydrogen) atoms. The number of allylic oxidation sites excluding steroid dienone is 8. The van der Waals surface area contributed by atoms with E-state index in [-0.39, 0.29) is 42.7 Å². The number of hydrogen-bond acceptors (Lipinski definition) is 7. The molecule has 0 aliphatic carbocycles. The maximum Gasteiger partial charge on any atom is 0.306 e. The Morgan fingerprint density at radius 3 is 1.51 bits per heavy atom. The number of esters is 2. The van der Waals surface area contributed by atoms with E-state index in [0.29, 0.717) is 12.8 Å². The number of rotatable bonds is 39. The molecule has 0 radical (unpaired) electrons. The molecule has 0 aromatic heterocycles. The minimum atomic E-state index is -1.13. The van der Waals surface area contributed by atoms with Crippen LogP contribution in [0.1, 0.15) is 181 Å². The van der Waals surface area contributed by atoms with Crippen LogP contribution in [0.4, 0.5) is 0 Å². The summed E-state index contributed by atoms with van der Waals surface area (Å²) in [6, 6.07) is -0.725. The van der Waals surface area contributed by atoms with E-state index in [9.17, 15) is 19.5 Å². The van der Waals surface area contributed by atoms with Gasteiger partial charge in [-0.15, -0.1) is 0 Å². The van der Waals surface area contributed by atoms with E-state index in [1.165, 1.54) is 77.0 Å². The van der Waals surface area contributed by atoms with Crippen LogP contribution in [0.3, 0.4) is 0 Å². The maximum atomic E-state index is 12.6. The fraction of sp³-hybridized carbons (Fsp3) is 0.766. The molecule has 0 aromatic rings.